The number of para-hydroxylation sites is 1. The highest BCUT2D eigenvalue weighted by atomic mass is 32.1. The van der Waals surface area contributed by atoms with Crippen LogP contribution in [0.25, 0.3) is 0 Å². The first-order valence-corrected chi connectivity index (χ1v) is 10.1. The number of benzene rings is 1. The van der Waals surface area contributed by atoms with Gasteiger partial charge >= 0.3 is 5.97 Å². The van der Waals surface area contributed by atoms with Crippen LogP contribution < -0.4 is 10.1 Å². The van der Waals surface area contributed by atoms with Crippen molar-refractivity contribution < 1.29 is 19.1 Å². The Morgan fingerprint density at radius 2 is 2.07 bits per heavy atom. The van der Waals surface area contributed by atoms with Gasteiger partial charge in [-0.3, -0.25) is 4.79 Å². The van der Waals surface area contributed by atoms with Gasteiger partial charge in [0.2, 0.25) is 0 Å². The molecule has 1 heterocycles. The van der Waals surface area contributed by atoms with E-state index in [-0.39, 0.29) is 18.5 Å². The molecular formula is C21H25NO4S. The van der Waals surface area contributed by atoms with Gasteiger partial charge in [-0.1, -0.05) is 25.1 Å². The van der Waals surface area contributed by atoms with Crippen LogP contribution >= 0.6 is 11.3 Å². The minimum atomic E-state index is -0.361. The zero-order chi connectivity index (χ0) is 19.4. The Kier molecular flexibility index (Phi) is 6.16. The summed E-state index contributed by atoms with van der Waals surface area (Å²) in [7, 11) is 0. The number of carbonyl (C=O) groups excluding carboxylic acids is 2. The number of ether oxygens (including phenoxy) is 2. The zero-order valence-corrected chi connectivity index (χ0v) is 16.8. The molecule has 1 aliphatic rings. The highest BCUT2D eigenvalue weighted by molar-refractivity contribution is 7.17. The predicted octanol–water partition coefficient (Wildman–Crippen LogP) is 4.38. The van der Waals surface area contributed by atoms with Gasteiger partial charge in [0.25, 0.3) is 5.91 Å². The molecule has 1 N–H and O–H groups in total. The maximum Gasteiger partial charge on any atom is 0.341 e. The van der Waals surface area contributed by atoms with Gasteiger partial charge in [0.15, 0.2) is 6.61 Å². The summed E-state index contributed by atoms with van der Waals surface area (Å²) >= 11 is 1.48. The van der Waals surface area contributed by atoms with Crippen LogP contribution in [0.3, 0.4) is 0 Å². The summed E-state index contributed by atoms with van der Waals surface area (Å²) in [6, 6.07) is 7.55. The first kappa shape index (κ1) is 19.4. The lowest BCUT2D eigenvalue weighted by Gasteiger charge is -2.18. The molecule has 1 amide bonds. The fraction of sp³-hybridized carbons (Fsp3) is 0.429. The van der Waals surface area contributed by atoms with Crippen molar-refractivity contribution >= 4 is 28.2 Å². The van der Waals surface area contributed by atoms with Crippen LogP contribution in [-0.4, -0.2) is 25.1 Å². The largest absolute Gasteiger partial charge is 0.483 e. The molecule has 144 valence electrons. The van der Waals surface area contributed by atoms with Crippen molar-refractivity contribution in [1.82, 2.24) is 0 Å². The fourth-order valence-electron chi connectivity index (χ4n) is 3.28. The molecule has 0 unspecified atom stereocenters. The predicted molar refractivity (Wildman–Crippen MR) is 107 cm³/mol. The fourth-order valence-corrected chi connectivity index (χ4v) is 4.70. The number of amides is 1. The van der Waals surface area contributed by atoms with Gasteiger partial charge in [-0.15, -0.1) is 11.3 Å². The van der Waals surface area contributed by atoms with Crippen LogP contribution in [0.5, 0.6) is 5.75 Å². The molecule has 0 saturated heterocycles. The van der Waals surface area contributed by atoms with E-state index in [1.54, 1.807) is 6.92 Å². The topological polar surface area (TPSA) is 64.6 Å². The molecule has 3 rings (SSSR count). The molecular weight excluding hydrogens is 362 g/mol. The van der Waals surface area contributed by atoms with Gasteiger partial charge in [0.1, 0.15) is 10.8 Å². The third kappa shape index (κ3) is 4.50. The Hall–Kier alpha value is -2.34. The summed E-state index contributed by atoms with van der Waals surface area (Å²) in [4.78, 5) is 26.1. The summed E-state index contributed by atoms with van der Waals surface area (Å²) in [6.07, 6.45) is 2.82. The molecule has 0 fully saturated rings. The average molecular weight is 388 g/mol. The van der Waals surface area contributed by atoms with Crippen LogP contribution in [0, 0.1) is 12.8 Å². The van der Waals surface area contributed by atoms with E-state index in [1.807, 2.05) is 31.2 Å². The number of rotatable bonds is 6. The van der Waals surface area contributed by atoms with Gasteiger partial charge in [-0.25, -0.2) is 4.79 Å². The highest BCUT2D eigenvalue weighted by Crippen LogP contribution is 2.40. The Labute approximate surface area is 163 Å². The van der Waals surface area contributed by atoms with E-state index in [4.69, 9.17) is 9.47 Å². The van der Waals surface area contributed by atoms with Crippen molar-refractivity contribution in [3.8, 4) is 5.75 Å². The molecule has 1 atom stereocenters. The SMILES string of the molecule is CCOC(=O)c1c(NC(=O)COc2ccccc2C)sc2c1CC[C@H](C)C2. The van der Waals surface area contributed by atoms with Crippen molar-refractivity contribution in [3.63, 3.8) is 0 Å². The normalized spacial score (nSPS) is 15.7. The van der Waals surface area contributed by atoms with Crippen LogP contribution in [0.2, 0.25) is 0 Å². The van der Waals surface area contributed by atoms with Crippen molar-refractivity contribution in [2.75, 3.05) is 18.5 Å². The minimum Gasteiger partial charge on any atom is -0.483 e. The second kappa shape index (κ2) is 8.57. The zero-order valence-electron chi connectivity index (χ0n) is 16.0. The number of nitrogens with one attached hydrogen (secondary N) is 1. The molecule has 0 spiro atoms. The number of fused-ring (bicyclic) bond motifs is 1. The number of hydrogen-bond acceptors (Lipinski definition) is 5. The molecule has 1 aromatic carbocycles. The molecule has 5 nitrogen and oxygen atoms in total. The second-order valence-corrected chi connectivity index (χ2v) is 7.98. The first-order chi connectivity index (χ1) is 13.0. The monoisotopic (exact) mass is 387 g/mol. The number of carbonyl (C=O) groups is 2. The van der Waals surface area contributed by atoms with E-state index >= 15 is 0 Å². The third-order valence-corrected chi connectivity index (χ3v) is 5.87. The number of esters is 1. The molecule has 2 aromatic rings. The van der Waals surface area contributed by atoms with Crippen LogP contribution in [-0.2, 0) is 22.4 Å². The summed E-state index contributed by atoms with van der Waals surface area (Å²) in [5, 5.41) is 3.44. The number of hydrogen-bond donors (Lipinski definition) is 1. The lowest BCUT2D eigenvalue weighted by atomic mass is 9.88. The molecule has 1 aromatic heterocycles. The Morgan fingerprint density at radius 1 is 1.30 bits per heavy atom. The standard InChI is InChI=1S/C21H25NO4S/c1-4-25-21(24)19-15-10-9-13(2)11-17(15)27-20(19)22-18(23)12-26-16-8-6-5-7-14(16)3/h5-8,13H,4,9-12H2,1-3H3,(H,22,23)/t13-/m0/s1. The van der Waals surface area contributed by atoms with Crippen molar-refractivity contribution in [2.24, 2.45) is 5.92 Å². The summed E-state index contributed by atoms with van der Waals surface area (Å²) in [6.45, 7) is 6.13. The molecule has 0 bridgehead atoms. The molecule has 0 aliphatic heterocycles. The van der Waals surface area contributed by atoms with E-state index in [2.05, 4.69) is 12.2 Å². The van der Waals surface area contributed by atoms with E-state index in [0.29, 0.717) is 28.8 Å². The van der Waals surface area contributed by atoms with Gasteiger partial charge < -0.3 is 14.8 Å². The van der Waals surface area contributed by atoms with Crippen LogP contribution in [0.4, 0.5) is 5.00 Å². The van der Waals surface area contributed by atoms with Crippen LogP contribution in [0.1, 0.15) is 46.6 Å². The molecule has 0 radical (unpaired) electrons. The number of thiophene rings is 1. The van der Waals surface area contributed by atoms with E-state index in [0.717, 1.165) is 30.4 Å². The maximum atomic E-state index is 12.5. The Balaban J connectivity index is 1.76. The van der Waals surface area contributed by atoms with Gasteiger partial charge in [-0.05, 0) is 56.2 Å². The van der Waals surface area contributed by atoms with Gasteiger partial charge in [0, 0.05) is 4.88 Å². The van der Waals surface area contributed by atoms with E-state index in [9.17, 15) is 9.59 Å². The average Bonchev–Trinajstić information content (AvgIpc) is 2.98. The second-order valence-electron chi connectivity index (χ2n) is 6.88. The van der Waals surface area contributed by atoms with Crippen molar-refractivity contribution in [2.45, 2.75) is 40.0 Å². The first-order valence-electron chi connectivity index (χ1n) is 9.29. The van der Waals surface area contributed by atoms with Gasteiger partial charge in [0.05, 0.1) is 12.2 Å². The van der Waals surface area contributed by atoms with Crippen molar-refractivity contribution in [3.05, 3.63) is 45.8 Å². The van der Waals surface area contributed by atoms with E-state index < -0.39 is 0 Å². The van der Waals surface area contributed by atoms with E-state index in [1.165, 1.54) is 16.2 Å². The number of aryl methyl sites for hydroxylation is 1. The highest BCUT2D eigenvalue weighted by Gasteiger charge is 2.29. The smallest absolute Gasteiger partial charge is 0.341 e. The summed E-state index contributed by atoms with van der Waals surface area (Å²) < 4.78 is 10.8. The Morgan fingerprint density at radius 3 is 2.81 bits per heavy atom. The molecule has 6 heteroatoms. The maximum absolute atomic E-state index is 12.5. The summed E-state index contributed by atoms with van der Waals surface area (Å²) in [5.41, 5.74) is 2.53. The molecule has 27 heavy (non-hydrogen) atoms. The molecule has 1 aliphatic carbocycles. The number of anilines is 1. The minimum absolute atomic E-state index is 0.105. The van der Waals surface area contributed by atoms with Crippen LogP contribution in [0.15, 0.2) is 24.3 Å². The Bertz CT molecular complexity index is 843. The lowest BCUT2D eigenvalue weighted by Crippen LogP contribution is -2.21. The summed E-state index contributed by atoms with van der Waals surface area (Å²) in [5.74, 6) is 0.617. The third-order valence-electron chi connectivity index (χ3n) is 4.70. The molecule has 0 saturated carbocycles. The van der Waals surface area contributed by atoms with Gasteiger partial charge in [-0.2, -0.15) is 0 Å². The quantitative estimate of drug-likeness (QED) is 0.747. The van der Waals surface area contributed by atoms with Crippen molar-refractivity contribution in [1.29, 1.82) is 0 Å². The lowest BCUT2D eigenvalue weighted by molar-refractivity contribution is -0.118.